The molecule has 1 heterocycles. The molecule has 0 radical (unpaired) electrons. The molecule has 1 aromatic heterocycles. The third-order valence-electron chi connectivity index (χ3n) is 3.82. The van der Waals surface area contributed by atoms with Crippen LogP contribution in [0.25, 0.3) is 0 Å². The molecular weight excluding hydrogens is 362 g/mol. The van der Waals surface area contributed by atoms with Crippen LogP contribution in [0.1, 0.15) is 33.6 Å². The van der Waals surface area contributed by atoms with E-state index in [4.69, 9.17) is 4.74 Å². The maximum atomic E-state index is 12.3. The van der Waals surface area contributed by atoms with E-state index in [0.29, 0.717) is 12.2 Å². The van der Waals surface area contributed by atoms with Crippen LogP contribution in [-0.4, -0.2) is 47.1 Å². The zero-order valence-corrected chi connectivity index (χ0v) is 15.5. The Kier molecular flexibility index (Phi) is 4.98. The first kappa shape index (κ1) is 17.7. The van der Waals surface area contributed by atoms with Crippen LogP contribution in [0.15, 0.2) is 22.9 Å². The minimum Gasteiger partial charge on any atom is -0.444 e. The van der Waals surface area contributed by atoms with Gasteiger partial charge >= 0.3 is 6.09 Å². The average Bonchev–Trinajstić information content (AvgIpc) is 3.23. The molecule has 2 amide bonds. The fraction of sp³-hybridized carbons (Fsp3) is 0.562. The highest BCUT2D eigenvalue weighted by molar-refractivity contribution is 9.10. The van der Waals surface area contributed by atoms with Gasteiger partial charge in [0.05, 0.1) is 17.4 Å². The highest BCUT2D eigenvalue weighted by atomic mass is 79.9. The number of anilines is 1. The molecular formula is C16H22BrN3O3. The summed E-state index contributed by atoms with van der Waals surface area (Å²) in [5, 5.41) is 0. The first-order valence-corrected chi connectivity index (χ1v) is 8.25. The molecule has 0 atom stereocenters. The number of hydrogen-bond donors (Lipinski definition) is 0. The van der Waals surface area contributed by atoms with Crippen LogP contribution in [0, 0.1) is 0 Å². The van der Waals surface area contributed by atoms with E-state index in [2.05, 4.69) is 20.9 Å². The van der Waals surface area contributed by atoms with Crippen LogP contribution in [0.4, 0.5) is 10.5 Å². The van der Waals surface area contributed by atoms with Gasteiger partial charge < -0.3 is 14.5 Å². The summed E-state index contributed by atoms with van der Waals surface area (Å²) in [6, 6.07) is 1.82. The molecule has 2 rings (SSSR count). The van der Waals surface area contributed by atoms with Crippen molar-refractivity contribution in [2.75, 3.05) is 18.5 Å². The van der Waals surface area contributed by atoms with Gasteiger partial charge in [-0.3, -0.25) is 9.78 Å². The van der Waals surface area contributed by atoms with Gasteiger partial charge in [0.1, 0.15) is 5.60 Å². The van der Waals surface area contributed by atoms with E-state index in [9.17, 15) is 9.59 Å². The summed E-state index contributed by atoms with van der Waals surface area (Å²) >= 11 is 3.35. The van der Waals surface area contributed by atoms with Gasteiger partial charge in [-0.05, 0) is 55.6 Å². The lowest BCUT2D eigenvalue weighted by atomic mass is 10.2. The van der Waals surface area contributed by atoms with Crippen molar-refractivity contribution in [2.24, 2.45) is 0 Å². The van der Waals surface area contributed by atoms with Crippen molar-refractivity contribution in [3.05, 3.63) is 22.9 Å². The Morgan fingerprint density at radius 1 is 1.43 bits per heavy atom. The van der Waals surface area contributed by atoms with Gasteiger partial charge in [0, 0.05) is 24.3 Å². The zero-order valence-electron chi connectivity index (χ0n) is 13.9. The van der Waals surface area contributed by atoms with E-state index < -0.39 is 5.60 Å². The Morgan fingerprint density at radius 2 is 2.09 bits per heavy atom. The SMILES string of the molecule is CN(C(=O)OC(C)(C)C)C1(CN(C=O)c2cncc(Br)c2)CC1. The van der Waals surface area contributed by atoms with Gasteiger partial charge in [-0.25, -0.2) is 4.79 Å². The molecule has 0 aromatic carbocycles. The van der Waals surface area contributed by atoms with E-state index in [1.54, 1.807) is 29.2 Å². The standard InChI is InChI=1S/C16H22BrN3O3/c1-15(2,3)23-14(22)19(4)16(5-6-16)10-20(11-21)13-7-12(17)8-18-9-13/h7-9,11H,5-6,10H2,1-4H3. The number of halogens is 1. The number of nitrogens with zero attached hydrogens (tertiary/aromatic N) is 3. The summed E-state index contributed by atoms with van der Waals surface area (Å²) in [7, 11) is 1.73. The largest absolute Gasteiger partial charge is 0.444 e. The fourth-order valence-corrected chi connectivity index (χ4v) is 2.68. The summed E-state index contributed by atoms with van der Waals surface area (Å²) in [5.74, 6) is 0. The van der Waals surface area contributed by atoms with Crippen molar-refractivity contribution in [1.82, 2.24) is 9.88 Å². The zero-order chi connectivity index (χ0) is 17.3. The molecule has 1 aliphatic rings. The van der Waals surface area contributed by atoms with Crippen molar-refractivity contribution in [2.45, 2.75) is 44.8 Å². The smallest absolute Gasteiger partial charge is 0.410 e. The molecule has 1 aromatic rings. The van der Waals surface area contributed by atoms with E-state index in [1.807, 2.05) is 26.8 Å². The van der Waals surface area contributed by atoms with E-state index in [1.165, 1.54) is 0 Å². The lowest BCUT2D eigenvalue weighted by molar-refractivity contribution is -0.107. The van der Waals surface area contributed by atoms with Gasteiger partial charge in [0.25, 0.3) is 0 Å². The number of aromatic nitrogens is 1. The normalized spacial score (nSPS) is 15.7. The van der Waals surface area contributed by atoms with Gasteiger partial charge in [-0.1, -0.05) is 0 Å². The van der Waals surface area contributed by atoms with Crippen molar-refractivity contribution < 1.29 is 14.3 Å². The van der Waals surface area contributed by atoms with Crippen LogP contribution >= 0.6 is 15.9 Å². The maximum absolute atomic E-state index is 12.3. The number of carbonyl (C=O) groups is 2. The maximum Gasteiger partial charge on any atom is 0.410 e. The summed E-state index contributed by atoms with van der Waals surface area (Å²) in [6.45, 7) is 5.93. The number of amides is 2. The van der Waals surface area contributed by atoms with Gasteiger partial charge in [-0.2, -0.15) is 0 Å². The van der Waals surface area contributed by atoms with Crippen molar-refractivity contribution in [1.29, 1.82) is 0 Å². The quantitative estimate of drug-likeness (QED) is 0.732. The number of likely N-dealkylation sites (N-methyl/N-ethyl adjacent to an activating group) is 1. The molecule has 0 bridgehead atoms. The van der Waals surface area contributed by atoms with Crippen LogP contribution < -0.4 is 4.90 Å². The first-order valence-electron chi connectivity index (χ1n) is 7.46. The second kappa shape index (κ2) is 6.47. The van der Waals surface area contributed by atoms with Gasteiger partial charge in [0.15, 0.2) is 0 Å². The van der Waals surface area contributed by atoms with Crippen LogP contribution in [0.2, 0.25) is 0 Å². The molecule has 7 heteroatoms. The number of carbonyl (C=O) groups excluding carboxylic acids is 2. The molecule has 0 unspecified atom stereocenters. The highest BCUT2D eigenvalue weighted by Gasteiger charge is 2.50. The Labute approximate surface area is 144 Å². The minimum atomic E-state index is -0.542. The number of pyridine rings is 1. The average molecular weight is 384 g/mol. The molecule has 0 aliphatic heterocycles. The van der Waals surface area contributed by atoms with E-state index >= 15 is 0 Å². The summed E-state index contributed by atoms with van der Waals surface area (Å²) in [5.41, 5.74) is -0.218. The molecule has 1 aliphatic carbocycles. The molecule has 0 N–H and O–H groups in total. The monoisotopic (exact) mass is 383 g/mol. The van der Waals surface area contributed by atoms with Crippen LogP contribution in [0.5, 0.6) is 0 Å². The van der Waals surface area contributed by atoms with Crippen molar-refractivity contribution in [3.63, 3.8) is 0 Å². The third-order valence-corrected chi connectivity index (χ3v) is 4.25. The molecule has 0 saturated heterocycles. The van der Waals surface area contributed by atoms with Crippen LogP contribution in [-0.2, 0) is 9.53 Å². The third kappa shape index (κ3) is 4.43. The molecule has 1 saturated carbocycles. The Balaban J connectivity index is 2.11. The number of ether oxygens (including phenoxy) is 1. The Morgan fingerprint density at radius 3 is 2.57 bits per heavy atom. The molecule has 0 spiro atoms. The molecule has 6 nitrogen and oxygen atoms in total. The highest BCUT2D eigenvalue weighted by Crippen LogP contribution is 2.42. The lowest BCUT2D eigenvalue weighted by Gasteiger charge is -2.33. The van der Waals surface area contributed by atoms with Gasteiger partial charge in [-0.15, -0.1) is 0 Å². The minimum absolute atomic E-state index is 0.367. The topological polar surface area (TPSA) is 62.7 Å². The Bertz CT molecular complexity index is 596. The number of rotatable bonds is 5. The van der Waals surface area contributed by atoms with Crippen molar-refractivity contribution in [3.8, 4) is 0 Å². The predicted molar refractivity (Wildman–Crippen MR) is 91.3 cm³/mol. The van der Waals surface area contributed by atoms with Crippen molar-refractivity contribution >= 4 is 34.1 Å². The van der Waals surface area contributed by atoms with Crippen LogP contribution in [0.3, 0.4) is 0 Å². The van der Waals surface area contributed by atoms with E-state index in [-0.39, 0.29) is 11.6 Å². The first-order chi connectivity index (χ1) is 10.7. The second-order valence-electron chi connectivity index (χ2n) is 6.86. The Hall–Kier alpha value is -1.63. The summed E-state index contributed by atoms with van der Waals surface area (Å²) in [6.07, 6.45) is 5.37. The number of hydrogen-bond acceptors (Lipinski definition) is 4. The lowest BCUT2D eigenvalue weighted by Crippen LogP contribution is -2.48. The van der Waals surface area contributed by atoms with E-state index in [0.717, 1.165) is 23.7 Å². The molecule has 1 fully saturated rings. The molecule has 126 valence electrons. The summed E-state index contributed by atoms with van der Waals surface area (Å²) < 4.78 is 6.22. The molecule has 23 heavy (non-hydrogen) atoms. The fourth-order valence-electron chi connectivity index (χ4n) is 2.33. The second-order valence-corrected chi connectivity index (χ2v) is 7.77. The predicted octanol–water partition coefficient (Wildman–Crippen LogP) is 3.21. The summed E-state index contributed by atoms with van der Waals surface area (Å²) in [4.78, 5) is 31.0. The van der Waals surface area contributed by atoms with Gasteiger partial charge in [0.2, 0.25) is 6.41 Å².